The van der Waals surface area contributed by atoms with Crippen molar-refractivity contribution in [1.29, 1.82) is 0 Å². The Morgan fingerprint density at radius 1 is 1.38 bits per heavy atom. The van der Waals surface area contributed by atoms with Crippen molar-refractivity contribution in [2.24, 2.45) is 0 Å². The Hall–Kier alpha value is -0.180. The molecule has 0 amide bonds. The van der Waals surface area contributed by atoms with Crippen LogP contribution in [0.3, 0.4) is 0 Å². The lowest BCUT2D eigenvalue weighted by atomic mass is 9.92. The zero-order chi connectivity index (χ0) is 9.90. The molecule has 0 bridgehead atoms. The summed E-state index contributed by atoms with van der Waals surface area (Å²) in [6, 6.07) is 0.770. The van der Waals surface area contributed by atoms with Gasteiger partial charge in [-0.1, -0.05) is 6.92 Å². The summed E-state index contributed by atoms with van der Waals surface area (Å²) in [5, 5.41) is 3.37. The van der Waals surface area contributed by atoms with Gasteiger partial charge in [-0.3, -0.25) is 0 Å². The first-order valence-corrected chi connectivity index (χ1v) is 5.17. The van der Waals surface area contributed by atoms with Crippen LogP contribution < -0.4 is 5.32 Å². The molecule has 1 unspecified atom stereocenters. The summed E-state index contributed by atoms with van der Waals surface area (Å²) in [6.45, 7) is 4.21. The van der Waals surface area contributed by atoms with Gasteiger partial charge in [-0.25, -0.2) is 8.78 Å². The van der Waals surface area contributed by atoms with Crippen LogP contribution in [0.25, 0.3) is 0 Å². The van der Waals surface area contributed by atoms with E-state index in [1.54, 1.807) is 0 Å². The molecule has 1 aliphatic rings. The van der Waals surface area contributed by atoms with Gasteiger partial charge >= 0.3 is 0 Å². The molecule has 3 heteroatoms. The van der Waals surface area contributed by atoms with E-state index < -0.39 is 5.92 Å². The van der Waals surface area contributed by atoms with Gasteiger partial charge in [0, 0.05) is 24.9 Å². The van der Waals surface area contributed by atoms with E-state index in [9.17, 15) is 8.78 Å². The average molecular weight is 191 g/mol. The first-order chi connectivity index (χ1) is 6.03. The summed E-state index contributed by atoms with van der Waals surface area (Å²) >= 11 is 0. The van der Waals surface area contributed by atoms with E-state index in [0.717, 1.165) is 6.42 Å². The van der Waals surface area contributed by atoms with Gasteiger partial charge in [0.2, 0.25) is 5.92 Å². The molecule has 1 saturated carbocycles. The molecule has 0 aromatic heterocycles. The van der Waals surface area contributed by atoms with Gasteiger partial charge in [0.1, 0.15) is 0 Å². The second-order valence-electron chi connectivity index (χ2n) is 4.11. The predicted octanol–water partition coefficient (Wildman–Crippen LogP) is 2.95. The van der Waals surface area contributed by atoms with Crippen molar-refractivity contribution in [2.45, 2.75) is 64.0 Å². The smallest absolute Gasteiger partial charge is 0.248 e. The highest BCUT2D eigenvalue weighted by atomic mass is 19.3. The maximum absolute atomic E-state index is 12.8. The molecule has 0 radical (unpaired) electrons. The van der Waals surface area contributed by atoms with Crippen LogP contribution in [-0.2, 0) is 0 Å². The van der Waals surface area contributed by atoms with Crippen molar-refractivity contribution in [3.05, 3.63) is 0 Å². The van der Waals surface area contributed by atoms with Crippen LogP contribution >= 0.6 is 0 Å². The normalized spacial score (nSPS) is 25.8. The predicted molar refractivity (Wildman–Crippen MR) is 50.1 cm³/mol. The second-order valence-corrected chi connectivity index (χ2v) is 4.11. The molecular weight excluding hydrogens is 172 g/mol. The quantitative estimate of drug-likeness (QED) is 0.723. The third kappa shape index (κ3) is 3.59. The van der Waals surface area contributed by atoms with Crippen molar-refractivity contribution in [3.63, 3.8) is 0 Å². The second kappa shape index (κ2) is 4.36. The van der Waals surface area contributed by atoms with E-state index >= 15 is 0 Å². The summed E-state index contributed by atoms with van der Waals surface area (Å²) < 4.78 is 25.5. The Morgan fingerprint density at radius 2 is 1.92 bits per heavy atom. The molecule has 13 heavy (non-hydrogen) atoms. The Balaban J connectivity index is 2.25. The third-order valence-corrected chi connectivity index (χ3v) is 2.85. The van der Waals surface area contributed by atoms with Crippen LogP contribution in [0.1, 0.15) is 46.0 Å². The van der Waals surface area contributed by atoms with Crippen molar-refractivity contribution < 1.29 is 8.78 Å². The minimum absolute atomic E-state index is 0.0566. The van der Waals surface area contributed by atoms with Crippen molar-refractivity contribution >= 4 is 0 Å². The highest BCUT2D eigenvalue weighted by molar-refractivity contribution is 4.82. The number of halogens is 2. The number of hydrogen-bond donors (Lipinski definition) is 1. The van der Waals surface area contributed by atoms with Gasteiger partial charge in [-0.15, -0.1) is 0 Å². The first-order valence-electron chi connectivity index (χ1n) is 5.17. The maximum Gasteiger partial charge on any atom is 0.248 e. The Kier molecular flexibility index (Phi) is 3.65. The largest absolute Gasteiger partial charge is 0.312 e. The van der Waals surface area contributed by atoms with E-state index in [4.69, 9.17) is 0 Å². The summed E-state index contributed by atoms with van der Waals surface area (Å²) in [6.07, 6.45) is 2.42. The summed E-state index contributed by atoms with van der Waals surface area (Å²) in [4.78, 5) is 0. The fraction of sp³-hybridized carbons (Fsp3) is 1.00. The van der Waals surface area contributed by atoms with Gasteiger partial charge in [0.15, 0.2) is 0 Å². The summed E-state index contributed by atoms with van der Waals surface area (Å²) in [7, 11) is 0. The number of rotatable bonds is 3. The number of alkyl halides is 2. The maximum atomic E-state index is 12.8. The average Bonchev–Trinajstić information content (AvgIpc) is 2.08. The summed E-state index contributed by atoms with van der Waals surface area (Å²) in [5.41, 5.74) is 0. The fourth-order valence-corrected chi connectivity index (χ4v) is 1.73. The van der Waals surface area contributed by atoms with E-state index in [1.807, 2.05) is 0 Å². The molecule has 0 saturated heterocycles. The first kappa shape index (κ1) is 10.9. The molecule has 1 rings (SSSR count). The third-order valence-electron chi connectivity index (χ3n) is 2.85. The molecule has 1 N–H and O–H groups in total. The molecule has 0 aliphatic heterocycles. The van der Waals surface area contributed by atoms with Crippen molar-refractivity contribution in [3.8, 4) is 0 Å². The van der Waals surface area contributed by atoms with E-state index in [-0.39, 0.29) is 12.8 Å². The molecule has 1 fully saturated rings. The standard InChI is InChI=1S/C10H19F2N/c1-3-8(2)13-9-4-6-10(11,12)7-5-9/h8-9,13H,3-7H2,1-2H3. The van der Waals surface area contributed by atoms with Gasteiger partial charge < -0.3 is 5.32 Å². The molecule has 1 aliphatic carbocycles. The molecule has 1 nitrogen and oxygen atoms in total. The number of hydrogen-bond acceptors (Lipinski definition) is 1. The lowest BCUT2D eigenvalue weighted by Gasteiger charge is -2.30. The Labute approximate surface area is 78.9 Å². The highest BCUT2D eigenvalue weighted by Crippen LogP contribution is 2.33. The van der Waals surface area contributed by atoms with E-state index in [0.29, 0.717) is 24.9 Å². The van der Waals surface area contributed by atoms with E-state index in [2.05, 4.69) is 19.2 Å². The fourth-order valence-electron chi connectivity index (χ4n) is 1.73. The molecular formula is C10H19F2N. The van der Waals surface area contributed by atoms with Crippen LogP contribution in [0.5, 0.6) is 0 Å². The zero-order valence-corrected chi connectivity index (χ0v) is 8.45. The molecule has 0 heterocycles. The van der Waals surface area contributed by atoms with Crippen molar-refractivity contribution in [2.75, 3.05) is 0 Å². The molecule has 0 aromatic carbocycles. The molecule has 0 aromatic rings. The zero-order valence-electron chi connectivity index (χ0n) is 8.45. The van der Waals surface area contributed by atoms with Crippen molar-refractivity contribution in [1.82, 2.24) is 5.32 Å². The Morgan fingerprint density at radius 3 is 2.38 bits per heavy atom. The van der Waals surface area contributed by atoms with Gasteiger partial charge in [-0.2, -0.15) is 0 Å². The van der Waals surface area contributed by atoms with Crippen LogP contribution in [0.2, 0.25) is 0 Å². The van der Waals surface area contributed by atoms with E-state index in [1.165, 1.54) is 0 Å². The summed E-state index contributed by atoms with van der Waals surface area (Å²) in [5.74, 6) is -2.40. The minimum Gasteiger partial charge on any atom is -0.312 e. The van der Waals surface area contributed by atoms with Crippen LogP contribution in [0, 0.1) is 0 Å². The van der Waals surface area contributed by atoms with Crippen LogP contribution in [-0.4, -0.2) is 18.0 Å². The van der Waals surface area contributed by atoms with Crippen LogP contribution in [0.4, 0.5) is 8.78 Å². The monoisotopic (exact) mass is 191 g/mol. The van der Waals surface area contributed by atoms with Gasteiger partial charge in [-0.05, 0) is 26.2 Å². The molecule has 0 spiro atoms. The topological polar surface area (TPSA) is 12.0 Å². The van der Waals surface area contributed by atoms with Crippen LogP contribution in [0.15, 0.2) is 0 Å². The lowest BCUT2D eigenvalue weighted by Crippen LogP contribution is -2.41. The van der Waals surface area contributed by atoms with Gasteiger partial charge in [0.05, 0.1) is 0 Å². The minimum atomic E-state index is -2.40. The lowest BCUT2D eigenvalue weighted by molar-refractivity contribution is -0.0411. The van der Waals surface area contributed by atoms with Gasteiger partial charge in [0.25, 0.3) is 0 Å². The molecule has 78 valence electrons. The SMILES string of the molecule is CCC(C)NC1CCC(F)(F)CC1. The number of nitrogens with one attached hydrogen (secondary N) is 1. The molecule has 1 atom stereocenters. The highest BCUT2D eigenvalue weighted by Gasteiger charge is 2.34. The Bertz CT molecular complexity index is 149.